The van der Waals surface area contributed by atoms with Crippen LogP contribution in [0.1, 0.15) is 55.1 Å². The molecule has 5 rings (SSSR count). The third kappa shape index (κ3) is 3.60. The van der Waals surface area contributed by atoms with Crippen LogP contribution in [0.25, 0.3) is 0 Å². The zero-order chi connectivity index (χ0) is 19.8. The summed E-state index contributed by atoms with van der Waals surface area (Å²) in [6.07, 6.45) is 11.6. The second kappa shape index (κ2) is 7.92. The van der Waals surface area contributed by atoms with Crippen molar-refractivity contribution in [3.8, 4) is 0 Å². The maximum atomic E-state index is 5.79. The Labute approximate surface area is 185 Å². The first kappa shape index (κ1) is 18.8. The molecular weight excluding hydrogens is 444 g/mol. The maximum Gasteiger partial charge on any atom is 0.174 e. The van der Waals surface area contributed by atoms with E-state index in [0.29, 0.717) is 6.04 Å². The maximum absolute atomic E-state index is 5.79. The number of rotatable bonds is 4. The third-order valence-corrected chi connectivity index (χ3v) is 6.87. The molecule has 148 valence electrons. The molecule has 2 atom stereocenters. The van der Waals surface area contributed by atoms with Gasteiger partial charge in [0.25, 0.3) is 0 Å². The lowest BCUT2D eigenvalue weighted by Crippen LogP contribution is -2.29. The number of halogens is 1. The molecule has 0 spiro atoms. The van der Waals surface area contributed by atoms with E-state index in [1.165, 1.54) is 31.2 Å². The SMILES string of the molecule is S=C1NC(c2ccccn2)C(c2ccn(C3CCCC3)c2)N1c1ccc(Br)cc1. The zero-order valence-electron chi connectivity index (χ0n) is 16.0. The summed E-state index contributed by atoms with van der Waals surface area (Å²) < 4.78 is 3.46. The van der Waals surface area contributed by atoms with Gasteiger partial charge in [-0.1, -0.05) is 34.8 Å². The molecule has 6 heteroatoms. The van der Waals surface area contributed by atoms with Crippen molar-refractivity contribution in [2.24, 2.45) is 0 Å². The second-order valence-electron chi connectivity index (χ2n) is 7.80. The number of aromatic nitrogens is 2. The van der Waals surface area contributed by atoms with Gasteiger partial charge in [0.2, 0.25) is 0 Å². The molecule has 0 amide bonds. The smallest absolute Gasteiger partial charge is 0.174 e. The Morgan fingerprint density at radius 2 is 1.83 bits per heavy atom. The van der Waals surface area contributed by atoms with Gasteiger partial charge < -0.3 is 14.8 Å². The van der Waals surface area contributed by atoms with Gasteiger partial charge in [-0.3, -0.25) is 4.98 Å². The number of hydrogen-bond donors (Lipinski definition) is 1. The van der Waals surface area contributed by atoms with E-state index in [1.54, 1.807) is 0 Å². The first-order chi connectivity index (χ1) is 14.2. The lowest BCUT2D eigenvalue weighted by Gasteiger charge is -2.27. The molecule has 1 N–H and O–H groups in total. The van der Waals surface area contributed by atoms with Gasteiger partial charge in [-0.15, -0.1) is 0 Å². The van der Waals surface area contributed by atoms with Crippen LogP contribution < -0.4 is 10.2 Å². The summed E-state index contributed by atoms with van der Waals surface area (Å²) in [6.45, 7) is 0. The van der Waals surface area contributed by atoms with Gasteiger partial charge in [0.05, 0.1) is 17.8 Å². The van der Waals surface area contributed by atoms with Crippen LogP contribution in [-0.2, 0) is 0 Å². The van der Waals surface area contributed by atoms with Crippen molar-refractivity contribution < 1.29 is 0 Å². The van der Waals surface area contributed by atoms with Crippen molar-refractivity contribution in [2.75, 3.05) is 4.90 Å². The molecule has 2 aromatic heterocycles. The average Bonchev–Trinajstić information content (AvgIpc) is 3.49. The molecule has 1 saturated carbocycles. The minimum Gasteiger partial charge on any atom is -0.351 e. The fourth-order valence-electron chi connectivity index (χ4n) is 4.61. The van der Waals surface area contributed by atoms with Gasteiger partial charge in [-0.25, -0.2) is 0 Å². The summed E-state index contributed by atoms with van der Waals surface area (Å²) in [5, 5.41) is 4.27. The molecule has 1 aliphatic heterocycles. The lowest BCUT2D eigenvalue weighted by atomic mass is 9.98. The van der Waals surface area contributed by atoms with Crippen LogP contribution in [0, 0.1) is 0 Å². The largest absolute Gasteiger partial charge is 0.351 e. The quantitative estimate of drug-likeness (QED) is 0.482. The summed E-state index contributed by atoms with van der Waals surface area (Å²) in [4.78, 5) is 6.87. The molecule has 1 aromatic carbocycles. The number of anilines is 1. The molecule has 1 aliphatic carbocycles. The van der Waals surface area contributed by atoms with Gasteiger partial charge in [-0.05, 0) is 73.1 Å². The monoisotopic (exact) mass is 466 g/mol. The van der Waals surface area contributed by atoms with E-state index in [0.717, 1.165) is 21.0 Å². The van der Waals surface area contributed by atoms with E-state index < -0.39 is 0 Å². The lowest BCUT2D eigenvalue weighted by molar-refractivity contribution is 0.515. The minimum atomic E-state index is 0.00627. The summed E-state index contributed by atoms with van der Waals surface area (Å²) in [6, 6.07) is 17.4. The topological polar surface area (TPSA) is 33.1 Å². The highest BCUT2D eigenvalue weighted by Gasteiger charge is 2.41. The Morgan fingerprint density at radius 1 is 1.03 bits per heavy atom. The summed E-state index contributed by atoms with van der Waals surface area (Å²) >= 11 is 9.33. The van der Waals surface area contributed by atoms with Crippen molar-refractivity contribution in [3.05, 3.63) is 82.9 Å². The molecule has 2 aliphatic rings. The minimum absolute atomic E-state index is 0.00627. The van der Waals surface area contributed by atoms with Gasteiger partial charge >= 0.3 is 0 Å². The Morgan fingerprint density at radius 3 is 2.55 bits per heavy atom. The van der Waals surface area contributed by atoms with E-state index in [4.69, 9.17) is 12.2 Å². The number of nitrogens with one attached hydrogen (secondary N) is 1. The molecule has 2 unspecified atom stereocenters. The van der Waals surface area contributed by atoms with E-state index >= 15 is 0 Å². The van der Waals surface area contributed by atoms with Crippen LogP contribution in [0.15, 0.2) is 71.6 Å². The third-order valence-electron chi connectivity index (χ3n) is 6.03. The van der Waals surface area contributed by atoms with E-state index in [-0.39, 0.29) is 12.1 Å². The Hall–Kier alpha value is -2.18. The van der Waals surface area contributed by atoms with Crippen molar-refractivity contribution >= 4 is 38.9 Å². The Bertz CT molecular complexity index is 995. The van der Waals surface area contributed by atoms with Gasteiger partial charge in [0, 0.05) is 34.8 Å². The molecule has 2 fully saturated rings. The van der Waals surface area contributed by atoms with E-state index in [2.05, 4.69) is 84.5 Å². The first-order valence-electron chi connectivity index (χ1n) is 10.1. The molecule has 0 radical (unpaired) electrons. The molecule has 0 bridgehead atoms. The standard InChI is InChI=1S/C23H23BrN4S/c24-17-8-10-19(11-9-17)28-22(16-12-14-27(15-16)18-5-1-2-6-18)21(26-23(28)29)20-7-3-4-13-25-20/h3-4,7-15,18,21-22H,1-2,5-6H2,(H,26,29). The first-order valence-corrected chi connectivity index (χ1v) is 11.3. The number of hydrogen-bond acceptors (Lipinski definition) is 2. The predicted molar refractivity (Wildman–Crippen MR) is 124 cm³/mol. The van der Waals surface area contributed by atoms with E-state index in [1.807, 2.05) is 18.3 Å². The molecule has 4 nitrogen and oxygen atoms in total. The van der Waals surface area contributed by atoms with Crippen LogP contribution in [0.5, 0.6) is 0 Å². The summed E-state index contributed by atoms with van der Waals surface area (Å²) in [7, 11) is 0. The predicted octanol–water partition coefficient (Wildman–Crippen LogP) is 5.94. The van der Waals surface area contributed by atoms with Crippen LogP contribution in [0.2, 0.25) is 0 Å². The molecule has 29 heavy (non-hydrogen) atoms. The van der Waals surface area contributed by atoms with Crippen molar-refractivity contribution in [3.63, 3.8) is 0 Å². The highest BCUT2D eigenvalue weighted by atomic mass is 79.9. The number of nitrogens with zero attached hydrogens (tertiary/aromatic N) is 3. The van der Waals surface area contributed by atoms with Crippen LogP contribution in [0.3, 0.4) is 0 Å². The fourth-order valence-corrected chi connectivity index (χ4v) is 5.22. The number of benzene rings is 1. The van der Waals surface area contributed by atoms with Crippen molar-refractivity contribution in [2.45, 2.75) is 43.8 Å². The summed E-state index contributed by atoms with van der Waals surface area (Å²) in [5.41, 5.74) is 3.36. The molecule has 3 heterocycles. The molecule has 3 aromatic rings. The average molecular weight is 467 g/mol. The Balaban J connectivity index is 1.56. The normalized spacial score (nSPS) is 22.2. The summed E-state index contributed by atoms with van der Waals surface area (Å²) in [5.74, 6) is 0. The number of thiocarbonyl (C=S) groups is 1. The zero-order valence-corrected chi connectivity index (χ0v) is 18.4. The van der Waals surface area contributed by atoms with Crippen molar-refractivity contribution in [1.29, 1.82) is 0 Å². The van der Waals surface area contributed by atoms with Crippen LogP contribution in [-0.4, -0.2) is 14.7 Å². The molecular formula is C23H23BrN4S. The number of pyridine rings is 1. The van der Waals surface area contributed by atoms with Gasteiger partial charge in [0.15, 0.2) is 5.11 Å². The highest BCUT2D eigenvalue weighted by molar-refractivity contribution is 9.10. The highest BCUT2D eigenvalue weighted by Crippen LogP contribution is 2.42. The van der Waals surface area contributed by atoms with Crippen LogP contribution >= 0.6 is 28.1 Å². The van der Waals surface area contributed by atoms with Gasteiger partial charge in [-0.2, -0.15) is 0 Å². The molecule has 1 saturated heterocycles. The van der Waals surface area contributed by atoms with Crippen LogP contribution in [0.4, 0.5) is 5.69 Å². The van der Waals surface area contributed by atoms with Crippen molar-refractivity contribution in [1.82, 2.24) is 14.9 Å². The van der Waals surface area contributed by atoms with E-state index in [9.17, 15) is 0 Å². The second-order valence-corrected chi connectivity index (χ2v) is 9.11. The Kier molecular flexibility index (Phi) is 5.14. The fraction of sp³-hybridized carbons (Fsp3) is 0.304. The van der Waals surface area contributed by atoms with Gasteiger partial charge in [0.1, 0.15) is 0 Å².